The van der Waals surface area contributed by atoms with Crippen LogP contribution >= 0.6 is 11.6 Å². The molecule has 1 aliphatic rings. The number of ether oxygens (including phenoxy) is 2. The van der Waals surface area contributed by atoms with Crippen LogP contribution < -0.4 is 5.48 Å². The zero-order chi connectivity index (χ0) is 15.8. The quantitative estimate of drug-likeness (QED) is 0.618. The molecule has 1 heterocycles. The van der Waals surface area contributed by atoms with Gasteiger partial charge in [-0.1, -0.05) is 30.3 Å². The van der Waals surface area contributed by atoms with Gasteiger partial charge in [-0.3, -0.25) is 9.63 Å². The molecule has 0 aromatic heterocycles. The molecule has 1 fully saturated rings. The minimum absolute atomic E-state index is 0.282. The van der Waals surface area contributed by atoms with Crippen molar-refractivity contribution in [2.45, 2.75) is 32.2 Å². The summed E-state index contributed by atoms with van der Waals surface area (Å²) in [4.78, 5) is 17.3. The van der Waals surface area contributed by atoms with Crippen LogP contribution in [0.1, 0.15) is 25.3 Å². The van der Waals surface area contributed by atoms with Crippen LogP contribution in [0.4, 0.5) is 0 Å². The first-order valence-electron chi connectivity index (χ1n) is 7.44. The second-order valence-corrected chi connectivity index (χ2v) is 5.85. The number of carbonyl (C=O) groups excluding carboxylic acids is 1. The molecule has 1 saturated heterocycles. The van der Waals surface area contributed by atoms with E-state index in [9.17, 15) is 4.79 Å². The van der Waals surface area contributed by atoms with Crippen molar-refractivity contribution >= 4 is 17.5 Å². The van der Waals surface area contributed by atoms with Gasteiger partial charge in [0.25, 0.3) is 0 Å². The number of benzene rings is 1. The first-order chi connectivity index (χ1) is 10.6. The number of amides is 1. The van der Waals surface area contributed by atoms with Crippen molar-refractivity contribution in [1.82, 2.24) is 5.48 Å². The highest BCUT2D eigenvalue weighted by molar-refractivity contribution is 6.17. The van der Waals surface area contributed by atoms with Crippen molar-refractivity contribution in [3.63, 3.8) is 0 Å². The summed E-state index contributed by atoms with van der Waals surface area (Å²) in [5, 5.41) is 0. The van der Waals surface area contributed by atoms with Gasteiger partial charge in [0.15, 0.2) is 0 Å². The summed E-state index contributed by atoms with van der Waals surface area (Å²) in [6.07, 6.45) is 1.85. The fourth-order valence-corrected chi connectivity index (χ4v) is 2.31. The maximum atomic E-state index is 12.1. The fraction of sp³-hybridized carbons (Fsp3) is 0.562. The number of hydrogen-bond donors (Lipinski definition) is 1. The van der Waals surface area contributed by atoms with E-state index in [4.69, 9.17) is 25.9 Å². The normalized spacial score (nSPS) is 24.9. The highest BCUT2D eigenvalue weighted by Crippen LogP contribution is 2.24. The molecule has 0 spiro atoms. The van der Waals surface area contributed by atoms with Crippen molar-refractivity contribution in [3.05, 3.63) is 35.9 Å². The lowest BCUT2D eigenvalue weighted by atomic mass is 10.0. The second-order valence-electron chi connectivity index (χ2n) is 5.47. The van der Waals surface area contributed by atoms with E-state index in [2.05, 4.69) is 5.48 Å². The third-order valence-electron chi connectivity index (χ3n) is 3.59. The molecular weight excluding hydrogens is 306 g/mol. The zero-order valence-corrected chi connectivity index (χ0v) is 13.5. The number of carbonyl (C=O) groups is 1. The molecule has 6 heteroatoms. The molecule has 1 aromatic carbocycles. The number of halogens is 1. The number of nitrogens with one attached hydrogen (secondary N) is 1. The summed E-state index contributed by atoms with van der Waals surface area (Å²) in [5.41, 5.74) is 3.36. The largest absolute Gasteiger partial charge is 0.342 e. The van der Waals surface area contributed by atoms with Crippen LogP contribution in [-0.2, 0) is 25.7 Å². The molecule has 0 atom stereocenters. The van der Waals surface area contributed by atoms with Crippen LogP contribution in [0.5, 0.6) is 0 Å². The first-order valence-corrected chi connectivity index (χ1v) is 7.97. The van der Waals surface area contributed by atoms with Gasteiger partial charge in [0, 0.05) is 11.8 Å². The van der Waals surface area contributed by atoms with E-state index in [0.29, 0.717) is 25.7 Å². The van der Waals surface area contributed by atoms with Gasteiger partial charge in [0.2, 0.25) is 5.79 Å². The summed E-state index contributed by atoms with van der Waals surface area (Å²) >= 11 is 5.67. The van der Waals surface area contributed by atoms with E-state index in [1.165, 1.54) is 0 Å². The molecule has 2 rings (SSSR count). The predicted molar refractivity (Wildman–Crippen MR) is 83.1 cm³/mol. The third-order valence-corrected chi connectivity index (χ3v) is 3.86. The minimum Gasteiger partial charge on any atom is -0.342 e. The lowest BCUT2D eigenvalue weighted by Crippen LogP contribution is -2.53. The van der Waals surface area contributed by atoms with Gasteiger partial charge in [-0.2, -0.15) is 0 Å². The van der Waals surface area contributed by atoms with Gasteiger partial charge >= 0.3 is 5.91 Å². The Bertz CT molecular complexity index is 460. The average Bonchev–Trinajstić information content (AvgIpc) is 2.55. The summed E-state index contributed by atoms with van der Waals surface area (Å²) in [7, 11) is 0. The molecule has 0 bridgehead atoms. The Morgan fingerprint density at radius 3 is 2.68 bits per heavy atom. The van der Waals surface area contributed by atoms with E-state index < -0.39 is 11.7 Å². The smallest absolute Gasteiger partial charge is 0.303 e. The van der Waals surface area contributed by atoms with Crippen molar-refractivity contribution in [2.24, 2.45) is 5.92 Å². The van der Waals surface area contributed by atoms with Crippen molar-refractivity contribution < 1.29 is 19.1 Å². The molecule has 1 amide bonds. The highest BCUT2D eigenvalue weighted by Gasteiger charge is 2.40. The predicted octanol–water partition coefficient (Wildman–Crippen LogP) is 2.63. The van der Waals surface area contributed by atoms with Crippen molar-refractivity contribution in [1.29, 1.82) is 0 Å². The molecule has 0 radical (unpaired) electrons. The van der Waals surface area contributed by atoms with Crippen LogP contribution in [-0.4, -0.2) is 30.8 Å². The van der Waals surface area contributed by atoms with E-state index in [-0.39, 0.29) is 5.92 Å². The Kier molecular flexibility index (Phi) is 6.64. The average molecular weight is 328 g/mol. The van der Waals surface area contributed by atoms with Crippen LogP contribution in [0.25, 0.3) is 0 Å². The molecular formula is C16H22ClNO4. The third kappa shape index (κ3) is 4.95. The first kappa shape index (κ1) is 17.2. The van der Waals surface area contributed by atoms with Gasteiger partial charge in [-0.05, 0) is 25.3 Å². The molecule has 1 aromatic rings. The molecule has 5 nitrogen and oxygen atoms in total. The highest BCUT2D eigenvalue weighted by atomic mass is 35.5. The number of rotatable bonds is 7. The Labute approximate surface area is 135 Å². The Hall–Kier alpha value is -1.14. The van der Waals surface area contributed by atoms with Crippen LogP contribution in [0, 0.1) is 5.92 Å². The van der Waals surface area contributed by atoms with Gasteiger partial charge in [-0.25, -0.2) is 5.48 Å². The monoisotopic (exact) mass is 327 g/mol. The summed E-state index contributed by atoms with van der Waals surface area (Å²) in [6, 6.07) is 9.59. The lowest BCUT2D eigenvalue weighted by Gasteiger charge is -2.36. The zero-order valence-electron chi connectivity index (χ0n) is 12.7. The number of alkyl halides is 1. The topological polar surface area (TPSA) is 56.8 Å². The van der Waals surface area contributed by atoms with Crippen molar-refractivity contribution in [2.75, 3.05) is 19.1 Å². The summed E-state index contributed by atoms with van der Waals surface area (Å²) < 4.78 is 11.2. The maximum Gasteiger partial charge on any atom is 0.303 e. The standard InChI is InChI=1S/C16H22ClNO4/c1-16(20-10-14(11-21-16)8-5-9-17)15(19)18-22-12-13-6-3-2-4-7-13/h2-4,6-7,14H,5,8-12H2,1H3,(H,18,19). The molecule has 0 unspecified atom stereocenters. The molecule has 1 N–H and O–H groups in total. The van der Waals surface area contributed by atoms with E-state index in [1.54, 1.807) is 6.92 Å². The summed E-state index contributed by atoms with van der Waals surface area (Å²) in [5.74, 6) is -0.820. The van der Waals surface area contributed by atoms with E-state index >= 15 is 0 Å². The van der Waals surface area contributed by atoms with Gasteiger partial charge in [-0.15, -0.1) is 11.6 Å². The van der Waals surface area contributed by atoms with Gasteiger partial charge < -0.3 is 9.47 Å². The maximum absolute atomic E-state index is 12.1. The molecule has 122 valence electrons. The number of hydrogen-bond acceptors (Lipinski definition) is 4. The Morgan fingerprint density at radius 2 is 2.05 bits per heavy atom. The number of hydroxylamine groups is 1. The second kappa shape index (κ2) is 8.48. The van der Waals surface area contributed by atoms with Gasteiger partial charge in [0.1, 0.15) is 0 Å². The van der Waals surface area contributed by atoms with Crippen molar-refractivity contribution in [3.8, 4) is 0 Å². The summed E-state index contributed by atoms with van der Waals surface area (Å²) in [6.45, 7) is 2.87. The lowest BCUT2D eigenvalue weighted by molar-refractivity contribution is -0.266. The molecule has 0 saturated carbocycles. The fourth-order valence-electron chi connectivity index (χ4n) is 2.16. The molecule has 22 heavy (non-hydrogen) atoms. The van der Waals surface area contributed by atoms with E-state index in [1.807, 2.05) is 30.3 Å². The molecule has 0 aliphatic carbocycles. The SMILES string of the molecule is CC1(C(=O)NOCc2ccccc2)OCC(CCCCl)CO1. The Balaban J connectivity index is 1.73. The van der Waals surface area contributed by atoms with Crippen LogP contribution in [0.2, 0.25) is 0 Å². The van der Waals surface area contributed by atoms with Gasteiger partial charge in [0.05, 0.1) is 19.8 Å². The minimum atomic E-state index is -1.30. The molecule has 1 aliphatic heterocycles. The van der Waals surface area contributed by atoms with Crippen LogP contribution in [0.15, 0.2) is 30.3 Å². The Morgan fingerprint density at radius 1 is 1.36 bits per heavy atom. The van der Waals surface area contributed by atoms with E-state index in [0.717, 1.165) is 18.4 Å². The van der Waals surface area contributed by atoms with Crippen LogP contribution in [0.3, 0.4) is 0 Å².